The van der Waals surface area contributed by atoms with Gasteiger partial charge in [0.15, 0.2) is 6.61 Å². The maximum atomic E-state index is 12.3. The first-order chi connectivity index (χ1) is 11.9. The third-order valence-electron chi connectivity index (χ3n) is 4.55. The van der Waals surface area contributed by atoms with Crippen molar-refractivity contribution in [1.29, 1.82) is 0 Å². The van der Waals surface area contributed by atoms with Gasteiger partial charge in [-0.05, 0) is 58.6 Å². The van der Waals surface area contributed by atoms with Crippen LogP contribution in [0, 0.1) is 13.8 Å². The van der Waals surface area contributed by atoms with E-state index in [0.29, 0.717) is 0 Å². The van der Waals surface area contributed by atoms with Crippen LogP contribution in [0.3, 0.4) is 0 Å². The van der Waals surface area contributed by atoms with Crippen molar-refractivity contribution >= 4 is 23.7 Å². The lowest BCUT2D eigenvalue weighted by atomic mass is 9.97. The Kier molecular flexibility index (Phi) is 6.56. The second kappa shape index (κ2) is 8.65. The van der Waals surface area contributed by atoms with Gasteiger partial charge in [-0.2, -0.15) is 0 Å². The van der Waals surface area contributed by atoms with Crippen LogP contribution in [0.5, 0.6) is 0 Å². The Morgan fingerprint density at radius 3 is 2.60 bits per heavy atom. The molecule has 1 aromatic carbocycles. The SMILES string of the molecule is Cc1ccc(NC(=O)/C=N\OCC(=O)N2[C@H](C)CCC[C@H]2C)c(C)c1. The normalized spacial score (nSPS) is 20.6. The van der Waals surface area contributed by atoms with Crippen LogP contribution in [0.15, 0.2) is 23.4 Å². The molecule has 136 valence electrons. The van der Waals surface area contributed by atoms with Crippen LogP contribution < -0.4 is 5.32 Å². The third kappa shape index (κ3) is 5.31. The number of hydrogen-bond donors (Lipinski definition) is 1. The smallest absolute Gasteiger partial charge is 0.270 e. The van der Waals surface area contributed by atoms with E-state index in [4.69, 9.17) is 4.84 Å². The summed E-state index contributed by atoms with van der Waals surface area (Å²) in [5.41, 5.74) is 2.84. The van der Waals surface area contributed by atoms with Crippen LogP contribution in [0.2, 0.25) is 0 Å². The van der Waals surface area contributed by atoms with E-state index in [1.54, 1.807) is 0 Å². The Morgan fingerprint density at radius 1 is 1.28 bits per heavy atom. The number of amides is 2. The fourth-order valence-corrected chi connectivity index (χ4v) is 3.28. The lowest BCUT2D eigenvalue weighted by molar-refractivity contribution is -0.142. The monoisotopic (exact) mass is 345 g/mol. The highest BCUT2D eigenvalue weighted by molar-refractivity contribution is 6.31. The molecule has 2 rings (SSSR count). The van der Waals surface area contributed by atoms with Crippen LogP contribution >= 0.6 is 0 Å². The fraction of sp³-hybridized carbons (Fsp3) is 0.526. The predicted octanol–water partition coefficient (Wildman–Crippen LogP) is 3.03. The van der Waals surface area contributed by atoms with Gasteiger partial charge in [0, 0.05) is 17.8 Å². The number of carbonyl (C=O) groups is 2. The summed E-state index contributed by atoms with van der Waals surface area (Å²) in [5.74, 6) is -0.481. The molecule has 2 atom stereocenters. The van der Waals surface area contributed by atoms with Crippen LogP contribution in [-0.2, 0) is 14.4 Å². The molecule has 1 N–H and O–H groups in total. The average molecular weight is 345 g/mol. The molecule has 0 saturated carbocycles. The molecule has 0 spiro atoms. The summed E-state index contributed by atoms with van der Waals surface area (Å²) in [6.07, 6.45) is 4.22. The maximum absolute atomic E-state index is 12.3. The van der Waals surface area contributed by atoms with E-state index < -0.39 is 0 Å². The maximum Gasteiger partial charge on any atom is 0.270 e. The Bertz CT molecular complexity index is 647. The standard InChI is InChI=1S/C19H27N3O3/c1-13-8-9-17(14(2)10-13)21-18(23)11-20-25-12-19(24)22-15(3)6-5-7-16(22)4/h8-11,15-16H,5-7,12H2,1-4H3,(H,21,23)/b20-11-/t15-,16-/m1/s1. The van der Waals surface area contributed by atoms with Crippen molar-refractivity contribution in [2.45, 2.75) is 59.0 Å². The van der Waals surface area contributed by atoms with Crippen LogP contribution in [0.25, 0.3) is 0 Å². The number of rotatable bonds is 5. The van der Waals surface area contributed by atoms with Crippen molar-refractivity contribution in [3.63, 3.8) is 0 Å². The molecule has 1 aliphatic rings. The zero-order chi connectivity index (χ0) is 18.4. The number of hydrogen-bond acceptors (Lipinski definition) is 4. The van der Waals surface area contributed by atoms with E-state index in [-0.39, 0.29) is 30.5 Å². The number of carbonyl (C=O) groups excluding carboxylic acids is 2. The van der Waals surface area contributed by atoms with Crippen molar-refractivity contribution in [2.75, 3.05) is 11.9 Å². The first-order valence-corrected chi connectivity index (χ1v) is 8.73. The van der Waals surface area contributed by atoms with Crippen molar-refractivity contribution in [2.24, 2.45) is 5.16 Å². The molecular weight excluding hydrogens is 318 g/mol. The molecule has 25 heavy (non-hydrogen) atoms. The molecule has 0 aromatic heterocycles. The molecule has 1 fully saturated rings. The molecule has 2 amide bonds. The van der Waals surface area contributed by atoms with E-state index in [9.17, 15) is 9.59 Å². The highest BCUT2D eigenvalue weighted by atomic mass is 16.6. The number of piperidine rings is 1. The van der Waals surface area contributed by atoms with E-state index in [2.05, 4.69) is 10.5 Å². The second-order valence-corrected chi connectivity index (χ2v) is 6.75. The number of likely N-dealkylation sites (tertiary alicyclic amines) is 1. The molecule has 0 radical (unpaired) electrons. The Morgan fingerprint density at radius 2 is 1.96 bits per heavy atom. The van der Waals surface area contributed by atoms with Gasteiger partial charge in [0.25, 0.3) is 11.8 Å². The quantitative estimate of drug-likeness (QED) is 0.659. The van der Waals surface area contributed by atoms with Crippen molar-refractivity contribution in [1.82, 2.24) is 4.90 Å². The van der Waals surface area contributed by atoms with Gasteiger partial charge in [-0.3, -0.25) is 9.59 Å². The lowest BCUT2D eigenvalue weighted by Crippen LogP contribution is -2.48. The summed E-state index contributed by atoms with van der Waals surface area (Å²) in [5, 5.41) is 6.35. The van der Waals surface area contributed by atoms with Crippen LogP contribution in [-0.4, -0.2) is 41.6 Å². The molecule has 1 aromatic rings. The highest BCUT2D eigenvalue weighted by Gasteiger charge is 2.28. The highest BCUT2D eigenvalue weighted by Crippen LogP contribution is 2.22. The Hall–Kier alpha value is -2.37. The molecule has 0 unspecified atom stereocenters. The molecule has 1 saturated heterocycles. The topological polar surface area (TPSA) is 71.0 Å². The molecule has 0 bridgehead atoms. The molecule has 1 heterocycles. The van der Waals surface area contributed by atoms with Crippen LogP contribution in [0.4, 0.5) is 5.69 Å². The summed E-state index contributed by atoms with van der Waals surface area (Å²) in [7, 11) is 0. The fourth-order valence-electron chi connectivity index (χ4n) is 3.28. The molecule has 6 nitrogen and oxygen atoms in total. The minimum absolute atomic E-state index is 0.0911. The Balaban J connectivity index is 1.80. The average Bonchev–Trinajstić information content (AvgIpc) is 2.54. The van der Waals surface area contributed by atoms with E-state index in [1.165, 1.54) is 0 Å². The number of aryl methyl sites for hydroxylation is 2. The number of oxime groups is 1. The summed E-state index contributed by atoms with van der Waals surface area (Å²) in [6, 6.07) is 6.20. The van der Waals surface area contributed by atoms with E-state index in [0.717, 1.165) is 42.3 Å². The zero-order valence-corrected chi connectivity index (χ0v) is 15.4. The first kappa shape index (κ1) is 19.0. The summed E-state index contributed by atoms with van der Waals surface area (Å²) >= 11 is 0. The van der Waals surface area contributed by atoms with Gasteiger partial charge in [0.05, 0.1) is 0 Å². The van der Waals surface area contributed by atoms with Gasteiger partial charge in [0.1, 0.15) is 6.21 Å². The van der Waals surface area contributed by atoms with E-state index in [1.807, 2.05) is 50.8 Å². The molecule has 6 heteroatoms. The van der Waals surface area contributed by atoms with Gasteiger partial charge >= 0.3 is 0 Å². The Labute approximate surface area is 149 Å². The molecule has 0 aliphatic carbocycles. The second-order valence-electron chi connectivity index (χ2n) is 6.75. The summed E-state index contributed by atoms with van der Waals surface area (Å²) in [6.45, 7) is 7.87. The van der Waals surface area contributed by atoms with Crippen molar-refractivity contribution in [3.05, 3.63) is 29.3 Å². The lowest BCUT2D eigenvalue weighted by Gasteiger charge is -2.38. The summed E-state index contributed by atoms with van der Waals surface area (Å²) in [4.78, 5) is 31.0. The first-order valence-electron chi connectivity index (χ1n) is 8.73. The van der Waals surface area contributed by atoms with Gasteiger partial charge in [-0.15, -0.1) is 0 Å². The zero-order valence-electron chi connectivity index (χ0n) is 15.4. The molecule has 1 aliphatic heterocycles. The predicted molar refractivity (Wildman–Crippen MR) is 98.6 cm³/mol. The largest absolute Gasteiger partial charge is 0.386 e. The van der Waals surface area contributed by atoms with E-state index >= 15 is 0 Å². The minimum Gasteiger partial charge on any atom is -0.386 e. The van der Waals surface area contributed by atoms with Crippen molar-refractivity contribution < 1.29 is 14.4 Å². The van der Waals surface area contributed by atoms with Crippen molar-refractivity contribution in [3.8, 4) is 0 Å². The van der Waals surface area contributed by atoms with Gasteiger partial charge in [0.2, 0.25) is 0 Å². The van der Waals surface area contributed by atoms with Gasteiger partial charge in [-0.1, -0.05) is 22.9 Å². The number of nitrogens with one attached hydrogen (secondary N) is 1. The number of nitrogens with zero attached hydrogens (tertiary/aromatic N) is 2. The van der Waals surface area contributed by atoms with Crippen LogP contribution in [0.1, 0.15) is 44.2 Å². The number of anilines is 1. The number of benzene rings is 1. The summed E-state index contributed by atoms with van der Waals surface area (Å²) < 4.78 is 0. The van der Waals surface area contributed by atoms with Gasteiger partial charge in [-0.25, -0.2) is 0 Å². The molecular formula is C19H27N3O3. The minimum atomic E-state index is -0.390. The van der Waals surface area contributed by atoms with Gasteiger partial charge < -0.3 is 15.1 Å². The third-order valence-corrected chi connectivity index (χ3v) is 4.55.